The Bertz CT molecular complexity index is 1140. The van der Waals surface area contributed by atoms with Crippen LogP contribution in [0.2, 0.25) is 0 Å². The maximum Gasteiger partial charge on any atom is 0.255 e. The fourth-order valence-electron chi connectivity index (χ4n) is 3.93. The molecule has 14 heteroatoms. The molecule has 0 radical (unpaired) electrons. The van der Waals surface area contributed by atoms with E-state index in [4.69, 9.17) is 4.74 Å². The van der Waals surface area contributed by atoms with Gasteiger partial charge in [-0.25, -0.2) is 0 Å². The quantitative estimate of drug-likeness (QED) is 0.145. The van der Waals surface area contributed by atoms with Gasteiger partial charge in [-0.15, -0.1) is 5.10 Å². The van der Waals surface area contributed by atoms with Crippen molar-refractivity contribution in [3.63, 3.8) is 0 Å². The molecule has 0 fully saturated rings. The summed E-state index contributed by atoms with van der Waals surface area (Å²) < 4.78 is 7.10. The first-order valence-electron chi connectivity index (χ1n) is 12.2. The van der Waals surface area contributed by atoms with Crippen LogP contribution < -0.4 is 21.3 Å². The summed E-state index contributed by atoms with van der Waals surface area (Å²) in [6, 6.07) is 4.27. The Morgan fingerprint density at radius 2 is 2.05 bits per heavy atom. The average Bonchev–Trinajstić information content (AvgIpc) is 3.52. The lowest BCUT2D eigenvalue weighted by Crippen LogP contribution is -2.37. The van der Waals surface area contributed by atoms with Crippen molar-refractivity contribution in [2.45, 2.75) is 38.5 Å². The second kappa shape index (κ2) is 14.5. The lowest BCUT2D eigenvalue weighted by atomic mass is 10.1. The molecule has 38 heavy (non-hydrogen) atoms. The molecule has 0 saturated carbocycles. The van der Waals surface area contributed by atoms with E-state index in [1.165, 1.54) is 11.9 Å². The molecule has 0 bridgehead atoms. The van der Waals surface area contributed by atoms with Crippen molar-refractivity contribution in [3.05, 3.63) is 41.2 Å². The van der Waals surface area contributed by atoms with Crippen LogP contribution in [0.3, 0.4) is 0 Å². The van der Waals surface area contributed by atoms with Gasteiger partial charge in [-0.3, -0.25) is 23.9 Å². The van der Waals surface area contributed by atoms with Gasteiger partial charge in [0, 0.05) is 49.9 Å². The van der Waals surface area contributed by atoms with Gasteiger partial charge in [0.05, 0.1) is 31.9 Å². The Kier molecular flexibility index (Phi) is 10.9. The van der Waals surface area contributed by atoms with Gasteiger partial charge >= 0.3 is 0 Å². The fourth-order valence-corrected chi connectivity index (χ4v) is 3.93. The molecule has 0 saturated heterocycles. The van der Waals surface area contributed by atoms with Gasteiger partial charge in [0.2, 0.25) is 18.2 Å². The lowest BCUT2D eigenvalue weighted by Gasteiger charge is -2.22. The summed E-state index contributed by atoms with van der Waals surface area (Å²) in [5.41, 5.74) is 2.19. The lowest BCUT2D eigenvalue weighted by molar-refractivity contribution is -0.121. The largest absolute Gasteiger partial charge is 0.370 e. The zero-order valence-corrected chi connectivity index (χ0v) is 21.1. The summed E-state index contributed by atoms with van der Waals surface area (Å²) in [4.78, 5) is 60.2. The molecule has 1 aliphatic rings. The van der Waals surface area contributed by atoms with Crippen molar-refractivity contribution in [1.82, 2.24) is 35.8 Å². The monoisotopic (exact) mass is 528 g/mol. The molecular weight excluding hydrogens is 496 g/mol. The van der Waals surface area contributed by atoms with Crippen LogP contribution in [0.4, 0.5) is 5.69 Å². The van der Waals surface area contributed by atoms with E-state index < -0.39 is 6.04 Å². The SMILES string of the molecule is CNC(=O)CCC(C=O)N1Cc2c(NC(=O)COCCNCCn3cc(CNC=O)nn3)cccc2C1=O. The predicted molar refractivity (Wildman–Crippen MR) is 135 cm³/mol. The van der Waals surface area contributed by atoms with E-state index in [9.17, 15) is 24.0 Å². The second-order valence-electron chi connectivity index (χ2n) is 8.50. The first-order chi connectivity index (χ1) is 18.5. The zero-order valence-electron chi connectivity index (χ0n) is 21.1. The van der Waals surface area contributed by atoms with Crippen molar-refractivity contribution in [3.8, 4) is 0 Å². The number of hydrogen-bond donors (Lipinski definition) is 4. The molecule has 1 aromatic heterocycles. The molecule has 4 N–H and O–H groups in total. The van der Waals surface area contributed by atoms with Crippen molar-refractivity contribution < 1.29 is 28.7 Å². The first-order valence-corrected chi connectivity index (χ1v) is 12.2. The van der Waals surface area contributed by atoms with E-state index in [-0.39, 0.29) is 43.7 Å². The normalized spacial score (nSPS) is 13.1. The predicted octanol–water partition coefficient (Wildman–Crippen LogP) is -1.18. The number of benzene rings is 1. The van der Waals surface area contributed by atoms with Crippen LogP contribution in [0.5, 0.6) is 0 Å². The Hall–Kier alpha value is -4.17. The maximum atomic E-state index is 12.9. The summed E-state index contributed by atoms with van der Waals surface area (Å²) in [5.74, 6) is -0.889. The Labute approximate surface area is 219 Å². The average molecular weight is 529 g/mol. The molecule has 2 aromatic rings. The van der Waals surface area contributed by atoms with Gasteiger partial charge in [-0.05, 0) is 18.6 Å². The summed E-state index contributed by atoms with van der Waals surface area (Å²) in [6.45, 7) is 2.35. The van der Waals surface area contributed by atoms with Crippen molar-refractivity contribution in [2.24, 2.45) is 0 Å². The minimum Gasteiger partial charge on any atom is -0.370 e. The number of fused-ring (bicyclic) bond motifs is 1. The summed E-state index contributed by atoms with van der Waals surface area (Å²) in [7, 11) is 1.51. The van der Waals surface area contributed by atoms with Crippen LogP contribution in [0.1, 0.15) is 34.5 Å². The second-order valence-corrected chi connectivity index (χ2v) is 8.50. The number of carbonyl (C=O) groups excluding carboxylic acids is 5. The molecule has 3 rings (SSSR count). The van der Waals surface area contributed by atoms with Gasteiger partial charge in [0.15, 0.2) is 0 Å². The highest BCUT2D eigenvalue weighted by Gasteiger charge is 2.34. The third-order valence-corrected chi connectivity index (χ3v) is 5.90. The minimum absolute atomic E-state index is 0.122. The number of hydrogen-bond acceptors (Lipinski definition) is 9. The fraction of sp³-hybridized carbons (Fsp3) is 0.458. The van der Waals surface area contributed by atoms with E-state index >= 15 is 0 Å². The summed E-state index contributed by atoms with van der Waals surface area (Å²) >= 11 is 0. The highest BCUT2D eigenvalue weighted by Crippen LogP contribution is 2.31. The smallest absolute Gasteiger partial charge is 0.255 e. The van der Waals surface area contributed by atoms with Crippen LogP contribution in [0.15, 0.2) is 24.4 Å². The minimum atomic E-state index is -0.738. The Balaban J connectivity index is 1.39. The molecule has 0 aliphatic carbocycles. The molecule has 1 unspecified atom stereocenters. The number of carbonyl (C=O) groups is 5. The van der Waals surface area contributed by atoms with Crippen LogP contribution >= 0.6 is 0 Å². The number of nitrogens with zero attached hydrogens (tertiary/aromatic N) is 4. The number of aldehydes is 1. The summed E-state index contributed by atoms with van der Waals surface area (Å²) in [6.07, 6.45) is 3.35. The van der Waals surface area contributed by atoms with Gasteiger partial charge < -0.3 is 35.7 Å². The van der Waals surface area contributed by atoms with Crippen LogP contribution in [0.25, 0.3) is 0 Å². The van der Waals surface area contributed by atoms with E-state index in [0.717, 1.165) is 0 Å². The number of aromatic nitrogens is 3. The highest BCUT2D eigenvalue weighted by atomic mass is 16.5. The standard InChI is InChI=1S/C24H32N8O6/c1-25-22(35)6-5-18(14-33)32-13-20-19(24(32)37)3-2-4-21(20)28-23(36)15-38-10-8-26-7-9-31-12-17(29-30-31)11-27-16-34/h2-4,12,14,16,18,26H,5-11,13,15H2,1H3,(H,25,35)(H,27,34)(H,28,36). The van der Waals surface area contributed by atoms with E-state index in [1.807, 2.05) is 0 Å². The van der Waals surface area contributed by atoms with Gasteiger partial charge in [0.1, 0.15) is 18.6 Å². The highest BCUT2D eigenvalue weighted by molar-refractivity contribution is 6.03. The number of ether oxygens (including phenoxy) is 1. The van der Waals surface area contributed by atoms with E-state index in [2.05, 4.69) is 31.6 Å². The van der Waals surface area contributed by atoms with E-state index in [0.29, 0.717) is 68.0 Å². The first kappa shape index (κ1) is 28.4. The van der Waals surface area contributed by atoms with Gasteiger partial charge in [-0.2, -0.15) is 0 Å². The third kappa shape index (κ3) is 7.91. The maximum absolute atomic E-state index is 12.9. The van der Waals surface area contributed by atoms with Gasteiger partial charge in [-0.1, -0.05) is 11.3 Å². The zero-order chi connectivity index (χ0) is 27.3. The topological polar surface area (TPSA) is 177 Å². The number of rotatable bonds is 17. The van der Waals surface area contributed by atoms with Gasteiger partial charge in [0.25, 0.3) is 5.91 Å². The van der Waals surface area contributed by atoms with Crippen molar-refractivity contribution in [2.75, 3.05) is 38.7 Å². The van der Waals surface area contributed by atoms with E-state index in [1.54, 1.807) is 29.1 Å². The molecular formula is C24H32N8O6. The number of anilines is 1. The molecule has 2 heterocycles. The molecule has 0 spiro atoms. The summed E-state index contributed by atoms with van der Waals surface area (Å²) in [5, 5.41) is 18.9. The number of nitrogens with one attached hydrogen (secondary N) is 4. The van der Waals surface area contributed by atoms with Crippen LogP contribution in [-0.2, 0) is 43.5 Å². The van der Waals surface area contributed by atoms with Crippen LogP contribution in [-0.4, -0.2) is 89.7 Å². The van der Waals surface area contributed by atoms with Crippen LogP contribution in [0, 0.1) is 0 Å². The van der Waals surface area contributed by atoms with Crippen molar-refractivity contribution in [1.29, 1.82) is 0 Å². The number of amides is 4. The third-order valence-electron chi connectivity index (χ3n) is 5.90. The molecule has 4 amide bonds. The molecule has 1 aliphatic heterocycles. The molecule has 204 valence electrons. The van der Waals surface area contributed by atoms with Crippen molar-refractivity contribution >= 4 is 36.1 Å². The molecule has 14 nitrogen and oxygen atoms in total. The Morgan fingerprint density at radius 3 is 2.82 bits per heavy atom. The Morgan fingerprint density at radius 1 is 1.21 bits per heavy atom. The molecule has 1 atom stereocenters. The molecule has 1 aromatic carbocycles.